The van der Waals surface area contributed by atoms with Gasteiger partial charge in [0.25, 0.3) is 0 Å². The van der Waals surface area contributed by atoms with Crippen LogP contribution in [0, 0.1) is 0 Å². The van der Waals surface area contributed by atoms with E-state index < -0.39 is 0 Å². The van der Waals surface area contributed by atoms with E-state index in [4.69, 9.17) is 5.73 Å². The molecule has 3 nitrogen and oxygen atoms in total. The van der Waals surface area contributed by atoms with Crippen molar-refractivity contribution in [2.24, 2.45) is 5.73 Å². The van der Waals surface area contributed by atoms with Crippen LogP contribution in [0.2, 0.25) is 0 Å². The molecular weight excluding hydrogens is 176 g/mol. The van der Waals surface area contributed by atoms with Crippen molar-refractivity contribution in [2.45, 2.75) is 5.92 Å². The molecule has 1 aromatic rings. The zero-order valence-corrected chi connectivity index (χ0v) is 8.77. The summed E-state index contributed by atoms with van der Waals surface area (Å²) in [5.74, 6) is 0.0357. The lowest BCUT2D eigenvalue weighted by atomic mass is 9.98. The number of nitrogens with zero attached hydrogens (tertiary/aromatic N) is 1. The van der Waals surface area contributed by atoms with Gasteiger partial charge >= 0.3 is 0 Å². The summed E-state index contributed by atoms with van der Waals surface area (Å²) in [5.41, 5.74) is 7.84. The zero-order valence-electron chi connectivity index (χ0n) is 8.77. The van der Waals surface area contributed by atoms with Gasteiger partial charge in [-0.2, -0.15) is 0 Å². The third kappa shape index (κ3) is 2.25. The second-order valence-electron chi connectivity index (χ2n) is 3.57. The van der Waals surface area contributed by atoms with E-state index in [1.165, 1.54) is 0 Å². The second-order valence-corrected chi connectivity index (χ2v) is 3.57. The summed E-state index contributed by atoms with van der Waals surface area (Å²) in [6, 6.07) is 8.02. The average Bonchev–Trinajstić information content (AvgIpc) is 2.20. The molecule has 0 fully saturated rings. The Hall–Kier alpha value is -1.06. The van der Waals surface area contributed by atoms with E-state index in [-0.39, 0.29) is 12.5 Å². The van der Waals surface area contributed by atoms with Gasteiger partial charge in [0.1, 0.15) is 0 Å². The summed E-state index contributed by atoms with van der Waals surface area (Å²) in [6.45, 7) is 0.572. The highest BCUT2D eigenvalue weighted by atomic mass is 16.3. The normalized spacial score (nSPS) is 12.6. The van der Waals surface area contributed by atoms with Crippen LogP contribution in [0.25, 0.3) is 0 Å². The van der Waals surface area contributed by atoms with E-state index in [1.54, 1.807) is 0 Å². The Kier molecular flexibility index (Phi) is 3.92. The first-order chi connectivity index (χ1) is 6.70. The maximum absolute atomic E-state index is 9.19. The quantitative estimate of drug-likeness (QED) is 0.745. The van der Waals surface area contributed by atoms with Gasteiger partial charge in [-0.25, -0.2) is 0 Å². The fourth-order valence-corrected chi connectivity index (χ4v) is 1.54. The van der Waals surface area contributed by atoms with E-state index in [9.17, 15) is 5.11 Å². The first-order valence-electron chi connectivity index (χ1n) is 4.78. The SMILES string of the molecule is CN(C)c1ccccc1C(CN)CO. The Bertz CT molecular complexity index is 282. The summed E-state index contributed by atoms with van der Waals surface area (Å²) >= 11 is 0. The standard InChI is InChI=1S/C11H18N2O/c1-13(2)11-6-4-3-5-10(11)9(7-12)8-14/h3-6,9,14H,7-8,12H2,1-2H3. The number of nitrogens with two attached hydrogens (primary N) is 1. The topological polar surface area (TPSA) is 49.5 Å². The minimum atomic E-state index is 0.0357. The molecule has 0 bridgehead atoms. The number of para-hydroxylation sites is 1. The molecule has 0 aliphatic carbocycles. The number of benzene rings is 1. The van der Waals surface area contributed by atoms with E-state index in [0.29, 0.717) is 6.54 Å². The molecule has 78 valence electrons. The molecule has 3 N–H and O–H groups in total. The average molecular weight is 194 g/mol. The monoisotopic (exact) mass is 194 g/mol. The van der Waals surface area contributed by atoms with Gasteiger partial charge in [-0.15, -0.1) is 0 Å². The van der Waals surface area contributed by atoms with E-state index in [0.717, 1.165) is 11.3 Å². The molecule has 0 aliphatic heterocycles. The molecule has 0 spiro atoms. The predicted octanol–water partition coefficient (Wildman–Crippen LogP) is 0.787. The van der Waals surface area contributed by atoms with Crippen molar-refractivity contribution in [1.82, 2.24) is 0 Å². The van der Waals surface area contributed by atoms with Crippen LogP contribution in [0.4, 0.5) is 5.69 Å². The van der Waals surface area contributed by atoms with Gasteiger partial charge in [0.05, 0.1) is 6.61 Å². The summed E-state index contributed by atoms with van der Waals surface area (Å²) in [6.07, 6.45) is 0. The Morgan fingerprint density at radius 2 is 2.00 bits per heavy atom. The Labute approximate surface area is 85.2 Å². The van der Waals surface area contributed by atoms with Crippen LogP contribution < -0.4 is 10.6 Å². The molecule has 3 heteroatoms. The van der Waals surface area contributed by atoms with E-state index in [1.807, 2.05) is 43.3 Å². The number of rotatable bonds is 4. The molecule has 1 aromatic carbocycles. The number of hydrogen-bond donors (Lipinski definition) is 2. The Morgan fingerprint density at radius 3 is 2.50 bits per heavy atom. The van der Waals surface area contributed by atoms with Gasteiger partial charge in [-0.1, -0.05) is 18.2 Å². The van der Waals surface area contributed by atoms with Crippen LogP contribution in [0.3, 0.4) is 0 Å². The van der Waals surface area contributed by atoms with Crippen molar-refractivity contribution in [3.8, 4) is 0 Å². The van der Waals surface area contributed by atoms with Crippen LogP contribution in [0.5, 0.6) is 0 Å². The molecule has 0 aromatic heterocycles. The summed E-state index contributed by atoms with van der Waals surface area (Å²) in [5, 5.41) is 9.19. The highest BCUT2D eigenvalue weighted by molar-refractivity contribution is 5.54. The number of hydrogen-bond acceptors (Lipinski definition) is 3. The van der Waals surface area contributed by atoms with Crippen LogP contribution in [-0.4, -0.2) is 32.4 Å². The fraction of sp³-hybridized carbons (Fsp3) is 0.455. The molecule has 0 heterocycles. The predicted molar refractivity (Wildman–Crippen MR) is 59.7 cm³/mol. The lowest BCUT2D eigenvalue weighted by Crippen LogP contribution is -2.20. The molecule has 14 heavy (non-hydrogen) atoms. The highest BCUT2D eigenvalue weighted by Crippen LogP contribution is 2.25. The molecule has 0 aliphatic rings. The van der Waals surface area contributed by atoms with E-state index in [2.05, 4.69) is 0 Å². The number of anilines is 1. The third-order valence-corrected chi connectivity index (χ3v) is 2.36. The van der Waals surface area contributed by atoms with Crippen molar-refractivity contribution >= 4 is 5.69 Å². The van der Waals surface area contributed by atoms with Crippen molar-refractivity contribution in [2.75, 3.05) is 32.1 Å². The first-order valence-corrected chi connectivity index (χ1v) is 4.78. The van der Waals surface area contributed by atoms with Gasteiger partial charge < -0.3 is 15.7 Å². The van der Waals surface area contributed by atoms with Crippen LogP contribution >= 0.6 is 0 Å². The fourth-order valence-electron chi connectivity index (χ4n) is 1.54. The summed E-state index contributed by atoms with van der Waals surface area (Å²) in [7, 11) is 3.98. The third-order valence-electron chi connectivity index (χ3n) is 2.36. The van der Waals surface area contributed by atoms with Gasteiger partial charge in [0, 0.05) is 32.2 Å². The first kappa shape index (κ1) is 11.0. The highest BCUT2D eigenvalue weighted by Gasteiger charge is 2.13. The van der Waals surface area contributed by atoms with E-state index >= 15 is 0 Å². The zero-order chi connectivity index (χ0) is 10.6. The second kappa shape index (κ2) is 4.98. The Morgan fingerprint density at radius 1 is 1.36 bits per heavy atom. The molecule has 1 atom stereocenters. The van der Waals surface area contributed by atoms with Gasteiger partial charge in [-0.3, -0.25) is 0 Å². The summed E-state index contributed by atoms with van der Waals surface area (Å²) < 4.78 is 0. The maximum atomic E-state index is 9.19. The van der Waals surface area contributed by atoms with Crippen LogP contribution in [0.1, 0.15) is 11.5 Å². The Balaban J connectivity index is 3.05. The number of aliphatic hydroxyl groups is 1. The maximum Gasteiger partial charge on any atom is 0.0512 e. The van der Waals surface area contributed by atoms with Crippen molar-refractivity contribution in [3.05, 3.63) is 29.8 Å². The van der Waals surface area contributed by atoms with Gasteiger partial charge in [0.2, 0.25) is 0 Å². The van der Waals surface area contributed by atoms with Crippen molar-refractivity contribution < 1.29 is 5.11 Å². The van der Waals surface area contributed by atoms with Gasteiger partial charge in [0.15, 0.2) is 0 Å². The summed E-state index contributed by atoms with van der Waals surface area (Å²) in [4.78, 5) is 2.04. The molecule has 0 saturated carbocycles. The van der Waals surface area contributed by atoms with Gasteiger partial charge in [-0.05, 0) is 11.6 Å². The van der Waals surface area contributed by atoms with Crippen molar-refractivity contribution in [1.29, 1.82) is 0 Å². The molecule has 0 saturated heterocycles. The van der Waals surface area contributed by atoms with Crippen LogP contribution in [-0.2, 0) is 0 Å². The minimum Gasteiger partial charge on any atom is -0.396 e. The molecule has 0 radical (unpaired) electrons. The van der Waals surface area contributed by atoms with Crippen molar-refractivity contribution in [3.63, 3.8) is 0 Å². The lowest BCUT2D eigenvalue weighted by Gasteiger charge is -2.21. The minimum absolute atomic E-state index is 0.0357. The molecule has 1 unspecified atom stereocenters. The smallest absolute Gasteiger partial charge is 0.0512 e. The number of aliphatic hydroxyl groups excluding tert-OH is 1. The largest absolute Gasteiger partial charge is 0.396 e. The molecule has 0 amide bonds. The molecule has 1 rings (SSSR count). The lowest BCUT2D eigenvalue weighted by molar-refractivity contribution is 0.268. The van der Waals surface area contributed by atoms with Crippen LogP contribution in [0.15, 0.2) is 24.3 Å². The molecular formula is C11H18N2O.